The third kappa shape index (κ3) is 11.0. The summed E-state index contributed by atoms with van der Waals surface area (Å²) in [5, 5.41) is 18.3. The normalized spacial score (nSPS) is 22.2. The lowest BCUT2D eigenvalue weighted by atomic mass is 10.0. The molecule has 0 aliphatic carbocycles. The molecular weight excluding hydrogens is 304 g/mol. The van der Waals surface area contributed by atoms with Crippen LogP contribution in [0.4, 0.5) is 0 Å². The summed E-state index contributed by atoms with van der Waals surface area (Å²) in [7, 11) is 0. The summed E-state index contributed by atoms with van der Waals surface area (Å²) in [6, 6.07) is 0. The molecule has 0 spiro atoms. The van der Waals surface area contributed by atoms with Gasteiger partial charge in [-0.2, -0.15) is 0 Å². The van der Waals surface area contributed by atoms with Crippen LogP contribution in [0.5, 0.6) is 0 Å². The zero-order valence-corrected chi connectivity index (χ0v) is 14.5. The van der Waals surface area contributed by atoms with Crippen molar-refractivity contribution in [3.8, 4) is 0 Å². The maximum absolute atomic E-state index is 10.2. The minimum atomic E-state index is -0.943. The number of epoxide rings is 1. The number of aliphatic hydroxyl groups excluding tert-OH is 1. The van der Waals surface area contributed by atoms with Gasteiger partial charge in [0.2, 0.25) is 0 Å². The van der Waals surface area contributed by atoms with Gasteiger partial charge in [-0.25, -0.2) is 4.79 Å². The molecule has 1 rings (SSSR count). The van der Waals surface area contributed by atoms with Crippen LogP contribution in [0.25, 0.3) is 0 Å². The van der Waals surface area contributed by atoms with E-state index in [0.717, 1.165) is 51.0 Å². The minimum Gasteiger partial charge on any atom is -0.478 e. The molecule has 134 valence electrons. The Morgan fingerprint density at radius 2 is 1.75 bits per heavy atom. The van der Waals surface area contributed by atoms with E-state index in [1.54, 1.807) is 12.2 Å². The molecule has 1 aliphatic rings. The highest BCUT2D eigenvalue weighted by molar-refractivity contribution is 5.80. The van der Waals surface area contributed by atoms with Gasteiger partial charge in [0, 0.05) is 12.5 Å². The fraction of sp³-hybridized carbons (Fsp3) is 0.550. The Morgan fingerprint density at radius 1 is 1.04 bits per heavy atom. The molecule has 3 unspecified atom stereocenters. The average molecular weight is 334 g/mol. The van der Waals surface area contributed by atoms with Gasteiger partial charge in [0.15, 0.2) is 0 Å². The lowest BCUT2D eigenvalue weighted by Gasteiger charge is -2.08. The smallest absolute Gasteiger partial charge is 0.328 e. The van der Waals surface area contributed by atoms with Crippen LogP contribution in [0.3, 0.4) is 0 Å². The van der Waals surface area contributed by atoms with E-state index in [1.807, 2.05) is 18.2 Å². The Morgan fingerprint density at radius 3 is 2.42 bits per heavy atom. The van der Waals surface area contributed by atoms with Crippen molar-refractivity contribution in [1.29, 1.82) is 0 Å². The molecule has 0 amide bonds. The molecule has 1 aliphatic heterocycles. The lowest BCUT2D eigenvalue weighted by Crippen LogP contribution is -2.11. The van der Waals surface area contributed by atoms with Crippen molar-refractivity contribution in [1.82, 2.24) is 0 Å². The third-order valence-corrected chi connectivity index (χ3v) is 3.93. The standard InChI is InChI=1S/C20H30O4/c1-2-18-19(24-18)16-17(21)14-12-10-8-6-4-3-5-7-9-11-13-15-20(22)23/h3-5,7,9,11,13,15,17-19,21H,2,6,8,10,12,14,16H2,1H3,(H,22,23). The van der Waals surface area contributed by atoms with E-state index in [0.29, 0.717) is 12.2 Å². The molecule has 0 aromatic heterocycles. The van der Waals surface area contributed by atoms with Crippen LogP contribution in [0.2, 0.25) is 0 Å². The van der Waals surface area contributed by atoms with Gasteiger partial charge in [0.1, 0.15) is 0 Å². The van der Waals surface area contributed by atoms with Crippen molar-refractivity contribution in [2.45, 2.75) is 70.2 Å². The van der Waals surface area contributed by atoms with Crippen molar-refractivity contribution >= 4 is 5.97 Å². The van der Waals surface area contributed by atoms with Crippen LogP contribution in [-0.4, -0.2) is 34.5 Å². The van der Waals surface area contributed by atoms with Gasteiger partial charge >= 0.3 is 5.97 Å². The quantitative estimate of drug-likeness (QED) is 0.229. The summed E-state index contributed by atoms with van der Waals surface area (Å²) in [6.45, 7) is 2.12. The predicted molar refractivity (Wildman–Crippen MR) is 96.9 cm³/mol. The zero-order valence-electron chi connectivity index (χ0n) is 14.5. The molecule has 24 heavy (non-hydrogen) atoms. The largest absolute Gasteiger partial charge is 0.478 e. The Kier molecular flexibility index (Phi) is 10.8. The van der Waals surface area contributed by atoms with E-state index in [4.69, 9.17) is 9.84 Å². The maximum atomic E-state index is 10.2. The van der Waals surface area contributed by atoms with E-state index in [1.165, 1.54) is 6.08 Å². The highest BCUT2D eigenvalue weighted by Gasteiger charge is 2.37. The predicted octanol–water partition coefficient (Wildman–Crippen LogP) is 4.17. The van der Waals surface area contributed by atoms with Gasteiger partial charge in [-0.3, -0.25) is 0 Å². The Bertz CT molecular complexity index is 462. The number of ether oxygens (including phenoxy) is 1. The van der Waals surface area contributed by atoms with Gasteiger partial charge < -0.3 is 14.9 Å². The van der Waals surface area contributed by atoms with Crippen molar-refractivity contribution < 1.29 is 19.7 Å². The van der Waals surface area contributed by atoms with Crippen molar-refractivity contribution in [3.63, 3.8) is 0 Å². The van der Waals surface area contributed by atoms with Gasteiger partial charge in [-0.15, -0.1) is 0 Å². The molecule has 0 saturated carbocycles. The van der Waals surface area contributed by atoms with Crippen LogP contribution in [0.15, 0.2) is 48.6 Å². The highest BCUT2D eigenvalue weighted by Crippen LogP contribution is 2.29. The molecule has 1 heterocycles. The van der Waals surface area contributed by atoms with E-state index >= 15 is 0 Å². The maximum Gasteiger partial charge on any atom is 0.328 e. The summed E-state index contributed by atoms with van der Waals surface area (Å²) in [5.74, 6) is -0.943. The molecule has 2 N–H and O–H groups in total. The van der Waals surface area contributed by atoms with Crippen LogP contribution in [0, 0.1) is 0 Å². The molecule has 1 saturated heterocycles. The van der Waals surface area contributed by atoms with E-state index in [2.05, 4.69) is 13.0 Å². The summed E-state index contributed by atoms with van der Waals surface area (Å²) < 4.78 is 5.45. The number of carbonyl (C=O) groups is 1. The van der Waals surface area contributed by atoms with Crippen LogP contribution < -0.4 is 0 Å². The first-order valence-electron chi connectivity index (χ1n) is 8.86. The Balaban J connectivity index is 1.93. The van der Waals surface area contributed by atoms with Crippen molar-refractivity contribution in [2.24, 2.45) is 0 Å². The minimum absolute atomic E-state index is 0.216. The summed E-state index contributed by atoms with van der Waals surface area (Å²) in [6.07, 6.45) is 21.5. The van der Waals surface area contributed by atoms with Crippen molar-refractivity contribution in [3.05, 3.63) is 48.6 Å². The number of hydrogen-bond acceptors (Lipinski definition) is 3. The first kappa shape index (κ1) is 20.4. The fourth-order valence-corrected chi connectivity index (χ4v) is 2.52. The first-order valence-corrected chi connectivity index (χ1v) is 8.86. The average Bonchev–Trinajstić information content (AvgIpc) is 3.29. The monoisotopic (exact) mass is 334 g/mol. The molecule has 1 fully saturated rings. The molecule has 0 aromatic carbocycles. The number of aliphatic hydroxyl groups is 1. The molecular formula is C20H30O4. The number of aliphatic carboxylic acids is 1. The summed E-state index contributed by atoms with van der Waals surface area (Å²) >= 11 is 0. The van der Waals surface area contributed by atoms with Gasteiger partial charge in [-0.05, 0) is 25.7 Å². The van der Waals surface area contributed by atoms with Gasteiger partial charge in [0.05, 0.1) is 18.3 Å². The molecule has 4 heteroatoms. The summed E-state index contributed by atoms with van der Waals surface area (Å²) in [5.41, 5.74) is 0. The number of rotatable bonds is 13. The topological polar surface area (TPSA) is 70.1 Å². The number of unbranched alkanes of at least 4 members (excludes halogenated alkanes) is 3. The number of allylic oxidation sites excluding steroid dienone is 7. The van der Waals surface area contributed by atoms with E-state index < -0.39 is 5.97 Å². The van der Waals surface area contributed by atoms with Crippen molar-refractivity contribution in [2.75, 3.05) is 0 Å². The number of carboxylic acids is 1. The Hall–Kier alpha value is -1.65. The lowest BCUT2D eigenvalue weighted by molar-refractivity contribution is -0.131. The number of carboxylic acid groups (broad SMARTS) is 1. The molecule has 0 aromatic rings. The zero-order chi connectivity index (χ0) is 17.6. The highest BCUT2D eigenvalue weighted by atomic mass is 16.6. The first-order chi connectivity index (χ1) is 11.6. The van der Waals surface area contributed by atoms with E-state index in [9.17, 15) is 9.90 Å². The number of hydrogen-bond donors (Lipinski definition) is 2. The SMILES string of the molecule is CCC1OC1CC(O)CCCCCC=CC=CC=CC=CC(=O)O. The molecule has 0 radical (unpaired) electrons. The van der Waals surface area contributed by atoms with Crippen LogP contribution >= 0.6 is 0 Å². The molecule has 4 nitrogen and oxygen atoms in total. The molecule has 0 bridgehead atoms. The van der Waals surface area contributed by atoms with E-state index in [-0.39, 0.29) is 6.10 Å². The Labute approximate surface area is 145 Å². The van der Waals surface area contributed by atoms with Gasteiger partial charge in [0.25, 0.3) is 0 Å². The van der Waals surface area contributed by atoms with Gasteiger partial charge in [-0.1, -0.05) is 62.3 Å². The summed E-state index contributed by atoms with van der Waals surface area (Å²) in [4.78, 5) is 10.2. The molecule has 3 atom stereocenters. The third-order valence-electron chi connectivity index (χ3n) is 3.93. The second-order valence-electron chi connectivity index (χ2n) is 6.04. The second-order valence-corrected chi connectivity index (χ2v) is 6.04. The van der Waals surface area contributed by atoms with Crippen LogP contribution in [-0.2, 0) is 9.53 Å². The van der Waals surface area contributed by atoms with Crippen LogP contribution in [0.1, 0.15) is 51.9 Å². The fourth-order valence-electron chi connectivity index (χ4n) is 2.52. The second kappa shape index (κ2) is 12.7.